The van der Waals surface area contributed by atoms with Crippen LogP contribution < -0.4 is 0 Å². The first kappa shape index (κ1) is 12.4. The quantitative estimate of drug-likeness (QED) is 0.799. The second-order valence-corrected chi connectivity index (χ2v) is 4.93. The number of piperazine rings is 1. The van der Waals surface area contributed by atoms with E-state index in [0.29, 0.717) is 11.4 Å². The van der Waals surface area contributed by atoms with Gasteiger partial charge in [-0.05, 0) is 24.7 Å². The Morgan fingerprint density at radius 2 is 2.00 bits per heavy atom. The van der Waals surface area contributed by atoms with E-state index in [1.807, 2.05) is 29.2 Å². The van der Waals surface area contributed by atoms with Crippen LogP contribution in [0.1, 0.15) is 5.56 Å². The minimum Gasteiger partial charge on any atom is -0.340 e. The summed E-state index contributed by atoms with van der Waals surface area (Å²) in [5, 5.41) is 0.689. The van der Waals surface area contributed by atoms with E-state index >= 15 is 0 Å². The van der Waals surface area contributed by atoms with Crippen LogP contribution >= 0.6 is 11.6 Å². The molecule has 1 aliphatic rings. The fourth-order valence-corrected chi connectivity index (χ4v) is 2.20. The standard InChI is InChI=1S/C13H17ClN2O/c1-15-5-7-16(8-6-15)13(17)10-11-3-2-4-12(14)9-11/h2-4,9H,5-8,10H2,1H3. The monoisotopic (exact) mass is 252 g/mol. The fourth-order valence-electron chi connectivity index (χ4n) is 1.99. The number of nitrogens with zero attached hydrogens (tertiary/aromatic N) is 2. The van der Waals surface area contributed by atoms with Crippen LogP contribution in [0.15, 0.2) is 24.3 Å². The van der Waals surface area contributed by atoms with E-state index in [-0.39, 0.29) is 5.91 Å². The van der Waals surface area contributed by atoms with E-state index in [4.69, 9.17) is 11.6 Å². The molecule has 1 aliphatic heterocycles. The van der Waals surface area contributed by atoms with Crippen molar-refractivity contribution < 1.29 is 4.79 Å². The molecular weight excluding hydrogens is 236 g/mol. The second-order valence-electron chi connectivity index (χ2n) is 4.49. The van der Waals surface area contributed by atoms with Crippen LogP contribution in [0.2, 0.25) is 5.02 Å². The summed E-state index contributed by atoms with van der Waals surface area (Å²) in [6, 6.07) is 7.51. The molecule has 0 atom stereocenters. The van der Waals surface area contributed by atoms with Gasteiger partial charge in [-0.15, -0.1) is 0 Å². The molecule has 0 unspecified atom stereocenters. The minimum absolute atomic E-state index is 0.195. The zero-order valence-electron chi connectivity index (χ0n) is 10.0. The molecule has 1 saturated heterocycles. The molecule has 0 aliphatic carbocycles. The number of carbonyl (C=O) groups excluding carboxylic acids is 1. The molecule has 1 fully saturated rings. The van der Waals surface area contributed by atoms with Crippen LogP contribution in [0.4, 0.5) is 0 Å². The number of hydrogen-bond acceptors (Lipinski definition) is 2. The van der Waals surface area contributed by atoms with Gasteiger partial charge in [0.25, 0.3) is 0 Å². The first-order chi connectivity index (χ1) is 8.15. The van der Waals surface area contributed by atoms with Crippen LogP contribution in [0.25, 0.3) is 0 Å². The van der Waals surface area contributed by atoms with E-state index in [2.05, 4.69) is 11.9 Å². The highest BCUT2D eigenvalue weighted by atomic mass is 35.5. The SMILES string of the molecule is CN1CCN(C(=O)Cc2cccc(Cl)c2)CC1. The normalized spacial score (nSPS) is 17.2. The Bertz CT molecular complexity index is 400. The topological polar surface area (TPSA) is 23.6 Å². The molecular formula is C13H17ClN2O. The molecule has 0 aromatic heterocycles. The fraction of sp³-hybridized carbons (Fsp3) is 0.462. The Morgan fingerprint density at radius 3 is 2.65 bits per heavy atom. The number of hydrogen-bond donors (Lipinski definition) is 0. The molecule has 1 amide bonds. The highest BCUT2D eigenvalue weighted by Crippen LogP contribution is 2.12. The average Bonchev–Trinajstić information content (AvgIpc) is 2.29. The predicted octanol–water partition coefficient (Wildman–Crippen LogP) is 1.66. The van der Waals surface area contributed by atoms with Gasteiger partial charge in [0.15, 0.2) is 0 Å². The number of amides is 1. The number of halogens is 1. The molecule has 0 saturated carbocycles. The molecule has 92 valence electrons. The van der Waals surface area contributed by atoms with Crippen LogP contribution in [-0.4, -0.2) is 48.9 Å². The zero-order chi connectivity index (χ0) is 12.3. The van der Waals surface area contributed by atoms with Gasteiger partial charge < -0.3 is 9.80 Å². The smallest absolute Gasteiger partial charge is 0.227 e. The molecule has 0 bridgehead atoms. The van der Waals surface area contributed by atoms with Crippen molar-refractivity contribution in [1.82, 2.24) is 9.80 Å². The largest absolute Gasteiger partial charge is 0.340 e. The Morgan fingerprint density at radius 1 is 1.29 bits per heavy atom. The van der Waals surface area contributed by atoms with Crippen LogP contribution in [0, 0.1) is 0 Å². The number of rotatable bonds is 2. The molecule has 17 heavy (non-hydrogen) atoms. The zero-order valence-corrected chi connectivity index (χ0v) is 10.8. The maximum Gasteiger partial charge on any atom is 0.227 e. The van der Waals surface area contributed by atoms with Crippen molar-refractivity contribution in [1.29, 1.82) is 0 Å². The molecule has 1 heterocycles. The van der Waals surface area contributed by atoms with E-state index < -0.39 is 0 Å². The summed E-state index contributed by atoms with van der Waals surface area (Å²) in [6.45, 7) is 3.58. The van der Waals surface area contributed by atoms with Crippen molar-refractivity contribution in [2.45, 2.75) is 6.42 Å². The van der Waals surface area contributed by atoms with E-state index in [0.717, 1.165) is 31.7 Å². The van der Waals surface area contributed by atoms with E-state index in [1.165, 1.54) is 0 Å². The molecule has 1 aromatic carbocycles. The summed E-state index contributed by atoms with van der Waals surface area (Å²) >= 11 is 5.90. The van der Waals surface area contributed by atoms with Gasteiger partial charge in [0.05, 0.1) is 6.42 Å². The summed E-state index contributed by atoms with van der Waals surface area (Å²) in [6.07, 6.45) is 0.449. The number of carbonyl (C=O) groups is 1. The second kappa shape index (κ2) is 5.52. The number of benzene rings is 1. The van der Waals surface area contributed by atoms with Gasteiger partial charge in [-0.25, -0.2) is 0 Å². The van der Waals surface area contributed by atoms with E-state index in [9.17, 15) is 4.79 Å². The van der Waals surface area contributed by atoms with Gasteiger partial charge in [-0.2, -0.15) is 0 Å². The van der Waals surface area contributed by atoms with Crippen molar-refractivity contribution in [3.05, 3.63) is 34.9 Å². The maximum absolute atomic E-state index is 12.0. The van der Waals surface area contributed by atoms with Crippen molar-refractivity contribution in [2.75, 3.05) is 33.2 Å². The Labute approximate surface area is 107 Å². The van der Waals surface area contributed by atoms with Gasteiger partial charge in [0, 0.05) is 31.2 Å². The average molecular weight is 253 g/mol. The summed E-state index contributed by atoms with van der Waals surface area (Å²) in [7, 11) is 2.08. The lowest BCUT2D eigenvalue weighted by atomic mass is 10.1. The first-order valence-corrected chi connectivity index (χ1v) is 6.24. The van der Waals surface area contributed by atoms with Gasteiger partial charge in [-0.3, -0.25) is 4.79 Å². The molecule has 2 rings (SSSR count). The highest BCUT2D eigenvalue weighted by Gasteiger charge is 2.18. The van der Waals surface area contributed by atoms with Crippen molar-refractivity contribution in [3.63, 3.8) is 0 Å². The lowest BCUT2D eigenvalue weighted by molar-refractivity contribution is -0.132. The third-order valence-electron chi connectivity index (χ3n) is 3.10. The van der Waals surface area contributed by atoms with Gasteiger partial charge >= 0.3 is 0 Å². The first-order valence-electron chi connectivity index (χ1n) is 5.86. The molecule has 3 nitrogen and oxygen atoms in total. The van der Waals surface area contributed by atoms with Crippen LogP contribution in [0.3, 0.4) is 0 Å². The Balaban J connectivity index is 1.93. The maximum atomic E-state index is 12.0. The lowest BCUT2D eigenvalue weighted by Gasteiger charge is -2.32. The summed E-state index contributed by atoms with van der Waals surface area (Å²) in [5.41, 5.74) is 0.987. The minimum atomic E-state index is 0.195. The molecule has 0 radical (unpaired) electrons. The molecule has 0 spiro atoms. The third-order valence-corrected chi connectivity index (χ3v) is 3.34. The van der Waals surface area contributed by atoms with Crippen molar-refractivity contribution in [3.8, 4) is 0 Å². The highest BCUT2D eigenvalue weighted by molar-refractivity contribution is 6.30. The summed E-state index contributed by atoms with van der Waals surface area (Å²) in [4.78, 5) is 16.2. The van der Waals surface area contributed by atoms with Crippen molar-refractivity contribution in [2.24, 2.45) is 0 Å². The summed E-state index contributed by atoms with van der Waals surface area (Å²) in [5.74, 6) is 0.195. The number of likely N-dealkylation sites (N-methyl/N-ethyl adjacent to an activating group) is 1. The third kappa shape index (κ3) is 3.45. The van der Waals surface area contributed by atoms with Crippen molar-refractivity contribution >= 4 is 17.5 Å². The Kier molecular flexibility index (Phi) is 4.02. The van der Waals surface area contributed by atoms with E-state index in [1.54, 1.807) is 0 Å². The summed E-state index contributed by atoms with van der Waals surface area (Å²) < 4.78 is 0. The van der Waals surface area contributed by atoms with Gasteiger partial charge in [-0.1, -0.05) is 23.7 Å². The molecule has 4 heteroatoms. The lowest BCUT2D eigenvalue weighted by Crippen LogP contribution is -2.47. The van der Waals surface area contributed by atoms with Gasteiger partial charge in [0.1, 0.15) is 0 Å². The predicted molar refractivity (Wildman–Crippen MR) is 69.2 cm³/mol. The Hall–Kier alpha value is -1.06. The molecule has 1 aromatic rings. The van der Waals surface area contributed by atoms with Crippen LogP contribution in [-0.2, 0) is 11.2 Å². The van der Waals surface area contributed by atoms with Gasteiger partial charge in [0.2, 0.25) is 5.91 Å². The molecule has 0 N–H and O–H groups in total. The van der Waals surface area contributed by atoms with Crippen LogP contribution in [0.5, 0.6) is 0 Å².